The van der Waals surface area contributed by atoms with Gasteiger partial charge in [0, 0.05) is 24.6 Å². The van der Waals surface area contributed by atoms with Crippen LogP contribution in [0, 0.1) is 6.92 Å². The smallest absolute Gasteiger partial charge is 0.287 e. The molecule has 0 aliphatic carbocycles. The van der Waals surface area contributed by atoms with E-state index >= 15 is 0 Å². The van der Waals surface area contributed by atoms with E-state index in [0.717, 1.165) is 5.56 Å². The molecule has 0 saturated carbocycles. The Kier molecular flexibility index (Phi) is 3.65. The summed E-state index contributed by atoms with van der Waals surface area (Å²) in [4.78, 5) is 29.4. The van der Waals surface area contributed by atoms with Gasteiger partial charge in [-0.15, -0.1) is 0 Å². The number of H-pyrrole nitrogens is 1. The lowest BCUT2D eigenvalue weighted by Crippen LogP contribution is -2.27. The summed E-state index contributed by atoms with van der Waals surface area (Å²) in [6.07, 6.45) is 1.84. The Morgan fingerprint density at radius 2 is 2.37 bits per heavy atom. The van der Waals surface area contributed by atoms with E-state index < -0.39 is 0 Å². The molecule has 0 atom stereocenters. The first-order chi connectivity index (χ1) is 9.06. The fourth-order valence-corrected chi connectivity index (χ4v) is 1.63. The van der Waals surface area contributed by atoms with Crippen molar-refractivity contribution in [1.29, 1.82) is 0 Å². The number of nitrogen functional groups attached to an aromatic ring is 1. The van der Waals surface area contributed by atoms with E-state index in [-0.39, 0.29) is 23.0 Å². The molecule has 0 unspecified atom stereocenters. The van der Waals surface area contributed by atoms with E-state index in [4.69, 9.17) is 10.2 Å². The van der Waals surface area contributed by atoms with E-state index in [2.05, 4.69) is 15.3 Å². The zero-order chi connectivity index (χ0) is 13.8. The first kappa shape index (κ1) is 12.9. The molecule has 0 aliphatic heterocycles. The second-order valence-corrected chi connectivity index (χ2v) is 4.06. The highest BCUT2D eigenvalue weighted by Crippen LogP contribution is 2.07. The second kappa shape index (κ2) is 5.38. The lowest BCUT2D eigenvalue weighted by molar-refractivity contribution is 0.0925. The summed E-state index contributed by atoms with van der Waals surface area (Å²) < 4.78 is 5.06. The number of aryl methyl sites for hydroxylation is 1. The summed E-state index contributed by atoms with van der Waals surface area (Å²) in [5.74, 6) is 0.580. The number of furan rings is 1. The van der Waals surface area contributed by atoms with Gasteiger partial charge in [-0.3, -0.25) is 9.59 Å². The maximum absolute atomic E-state index is 11.7. The van der Waals surface area contributed by atoms with E-state index in [9.17, 15) is 9.59 Å². The number of rotatable bonds is 4. The first-order valence-electron chi connectivity index (χ1n) is 5.74. The van der Waals surface area contributed by atoms with Crippen molar-refractivity contribution in [3.63, 3.8) is 0 Å². The molecule has 2 rings (SSSR count). The van der Waals surface area contributed by atoms with Gasteiger partial charge in [0.1, 0.15) is 11.6 Å². The number of amides is 1. The number of aromatic nitrogens is 2. The monoisotopic (exact) mass is 262 g/mol. The molecular formula is C12H14N4O3. The van der Waals surface area contributed by atoms with Crippen LogP contribution in [0.4, 0.5) is 5.82 Å². The zero-order valence-corrected chi connectivity index (χ0v) is 10.4. The third-order valence-electron chi connectivity index (χ3n) is 2.53. The molecule has 0 aliphatic rings. The summed E-state index contributed by atoms with van der Waals surface area (Å²) in [6, 6.07) is 2.92. The van der Waals surface area contributed by atoms with Crippen LogP contribution in [0.5, 0.6) is 0 Å². The highest BCUT2D eigenvalue weighted by molar-refractivity contribution is 5.92. The fourth-order valence-electron chi connectivity index (χ4n) is 1.63. The van der Waals surface area contributed by atoms with Crippen molar-refractivity contribution in [2.45, 2.75) is 13.3 Å². The van der Waals surface area contributed by atoms with Crippen LogP contribution in [0.15, 0.2) is 27.6 Å². The van der Waals surface area contributed by atoms with Gasteiger partial charge in [0.2, 0.25) is 0 Å². The van der Waals surface area contributed by atoms with E-state index in [1.54, 1.807) is 13.0 Å². The Bertz CT molecular complexity index is 644. The number of nitrogens with zero attached hydrogens (tertiary/aromatic N) is 1. The van der Waals surface area contributed by atoms with Crippen LogP contribution in [-0.2, 0) is 6.42 Å². The van der Waals surface area contributed by atoms with Crippen LogP contribution in [0.25, 0.3) is 0 Å². The van der Waals surface area contributed by atoms with Crippen LogP contribution in [0.2, 0.25) is 0 Å². The quantitative estimate of drug-likeness (QED) is 0.729. The zero-order valence-electron chi connectivity index (χ0n) is 10.4. The Labute approximate surface area is 108 Å². The molecule has 0 aromatic carbocycles. The molecule has 19 heavy (non-hydrogen) atoms. The van der Waals surface area contributed by atoms with Gasteiger partial charge in [0.25, 0.3) is 11.5 Å². The molecule has 100 valence electrons. The molecule has 1 amide bonds. The number of hydrogen-bond acceptors (Lipinski definition) is 5. The summed E-state index contributed by atoms with van der Waals surface area (Å²) in [5, 5.41) is 2.68. The van der Waals surface area contributed by atoms with Crippen molar-refractivity contribution >= 4 is 11.7 Å². The normalized spacial score (nSPS) is 10.4. The van der Waals surface area contributed by atoms with Crippen molar-refractivity contribution in [1.82, 2.24) is 15.3 Å². The minimum atomic E-state index is -0.310. The van der Waals surface area contributed by atoms with Crippen LogP contribution in [-0.4, -0.2) is 22.4 Å². The number of nitrogens with two attached hydrogens (primary N) is 1. The molecule has 0 spiro atoms. The standard InChI is InChI=1S/C12H14N4O3/c1-7-3-5-19-11(7)12(18)14-4-2-9-15-8(13)6-10(17)16-9/h3,5-6H,2,4H2,1H3,(H,14,18)(H3,13,15,16,17). The van der Waals surface area contributed by atoms with Crippen molar-refractivity contribution in [2.24, 2.45) is 0 Å². The Morgan fingerprint density at radius 3 is 3.00 bits per heavy atom. The molecular weight excluding hydrogens is 248 g/mol. The third-order valence-corrected chi connectivity index (χ3v) is 2.53. The summed E-state index contributed by atoms with van der Waals surface area (Å²) >= 11 is 0. The molecule has 2 aromatic rings. The largest absolute Gasteiger partial charge is 0.459 e. The molecule has 4 N–H and O–H groups in total. The molecule has 0 saturated heterocycles. The molecule has 7 nitrogen and oxygen atoms in total. The predicted octanol–water partition coefficient (Wildman–Crippen LogP) is 0.226. The number of hydrogen-bond donors (Lipinski definition) is 3. The van der Waals surface area contributed by atoms with Gasteiger partial charge in [0.05, 0.1) is 6.26 Å². The summed E-state index contributed by atoms with van der Waals surface area (Å²) in [7, 11) is 0. The van der Waals surface area contributed by atoms with Crippen LogP contribution >= 0.6 is 0 Å². The van der Waals surface area contributed by atoms with Gasteiger partial charge in [-0.05, 0) is 13.0 Å². The number of anilines is 1. The summed E-state index contributed by atoms with van der Waals surface area (Å²) in [6.45, 7) is 2.11. The Morgan fingerprint density at radius 1 is 1.58 bits per heavy atom. The molecule has 2 heterocycles. The van der Waals surface area contributed by atoms with Gasteiger partial charge in [-0.1, -0.05) is 0 Å². The topological polar surface area (TPSA) is 114 Å². The number of carbonyl (C=O) groups excluding carboxylic acids is 1. The predicted molar refractivity (Wildman–Crippen MR) is 68.8 cm³/mol. The Hall–Kier alpha value is -2.57. The van der Waals surface area contributed by atoms with Crippen molar-refractivity contribution in [3.8, 4) is 0 Å². The van der Waals surface area contributed by atoms with Crippen molar-refractivity contribution < 1.29 is 9.21 Å². The first-order valence-corrected chi connectivity index (χ1v) is 5.74. The second-order valence-electron chi connectivity index (χ2n) is 4.06. The van der Waals surface area contributed by atoms with Gasteiger partial charge < -0.3 is 20.5 Å². The molecule has 2 aromatic heterocycles. The van der Waals surface area contributed by atoms with E-state index in [0.29, 0.717) is 18.8 Å². The SMILES string of the molecule is Cc1ccoc1C(=O)NCCc1nc(N)cc(=O)[nH]1. The highest BCUT2D eigenvalue weighted by Gasteiger charge is 2.11. The average Bonchev–Trinajstić information content (AvgIpc) is 2.74. The number of nitrogens with one attached hydrogen (secondary N) is 2. The minimum Gasteiger partial charge on any atom is -0.459 e. The lowest BCUT2D eigenvalue weighted by atomic mass is 10.2. The molecule has 0 bridgehead atoms. The maximum Gasteiger partial charge on any atom is 0.287 e. The highest BCUT2D eigenvalue weighted by atomic mass is 16.3. The molecule has 7 heteroatoms. The fraction of sp³-hybridized carbons (Fsp3) is 0.250. The minimum absolute atomic E-state index is 0.159. The maximum atomic E-state index is 11.7. The van der Waals surface area contributed by atoms with Gasteiger partial charge in [-0.2, -0.15) is 0 Å². The lowest BCUT2D eigenvalue weighted by Gasteiger charge is -2.04. The van der Waals surface area contributed by atoms with E-state index in [1.165, 1.54) is 12.3 Å². The van der Waals surface area contributed by atoms with Crippen molar-refractivity contribution in [3.05, 3.63) is 45.9 Å². The van der Waals surface area contributed by atoms with Gasteiger partial charge in [0.15, 0.2) is 5.76 Å². The number of carbonyl (C=O) groups is 1. The average molecular weight is 262 g/mol. The summed E-state index contributed by atoms with van der Waals surface area (Å²) in [5.41, 5.74) is 5.92. The third kappa shape index (κ3) is 3.21. The Balaban J connectivity index is 1.92. The number of aromatic amines is 1. The molecule has 0 radical (unpaired) electrons. The van der Waals surface area contributed by atoms with E-state index in [1.807, 2.05) is 0 Å². The van der Waals surface area contributed by atoms with Crippen LogP contribution < -0.4 is 16.6 Å². The van der Waals surface area contributed by atoms with Crippen molar-refractivity contribution in [2.75, 3.05) is 12.3 Å². The van der Waals surface area contributed by atoms with Gasteiger partial charge in [-0.25, -0.2) is 4.98 Å². The van der Waals surface area contributed by atoms with Gasteiger partial charge >= 0.3 is 0 Å². The van der Waals surface area contributed by atoms with Crippen LogP contribution in [0.3, 0.4) is 0 Å². The molecule has 0 fully saturated rings. The van der Waals surface area contributed by atoms with Crippen LogP contribution in [0.1, 0.15) is 21.9 Å².